The molecule has 0 fully saturated rings. The molecule has 0 bridgehead atoms. The number of allylic oxidation sites excluding steroid dienone is 1. The van der Waals surface area contributed by atoms with E-state index < -0.39 is 0 Å². The lowest BCUT2D eigenvalue weighted by atomic mass is 10.5. The summed E-state index contributed by atoms with van der Waals surface area (Å²) in [5, 5.41) is 0. The zero-order valence-electron chi connectivity index (χ0n) is 4.23. The molecular formula is C4H7IN2O. The van der Waals surface area contributed by atoms with Gasteiger partial charge >= 0.3 is 0 Å². The average molecular weight is 226 g/mol. The third kappa shape index (κ3) is 4.07. The van der Waals surface area contributed by atoms with Gasteiger partial charge in [-0.1, -0.05) is 28.7 Å². The SMILES string of the molecule is NNC(=O)/C=C\CI. The van der Waals surface area contributed by atoms with E-state index in [4.69, 9.17) is 5.84 Å². The number of rotatable bonds is 2. The molecule has 3 nitrogen and oxygen atoms in total. The molecule has 0 rings (SSSR count). The lowest BCUT2D eigenvalue weighted by molar-refractivity contribution is -0.116. The molecular weight excluding hydrogens is 219 g/mol. The zero-order chi connectivity index (χ0) is 6.41. The van der Waals surface area contributed by atoms with Crippen molar-refractivity contribution in [2.45, 2.75) is 0 Å². The van der Waals surface area contributed by atoms with Gasteiger partial charge in [0.05, 0.1) is 0 Å². The maximum absolute atomic E-state index is 10.2. The van der Waals surface area contributed by atoms with Crippen molar-refractivity contribution in [2.75, 3.05) is 4.43 Å². The molecule has 1 amide bonds. The number of carbonyl (C=O) groups is 1. The number of alkyl halides is 1. The van der Waals surface area contributed by atoms with E-state index in [1.165, 1.54) is 6.08 Å². The van der Waals surface area contributed by atoms with Gasteiger partial charge in [-0.15, -0.1) is 0 Å². The molecule has 3 N–H and O–H groups in total. The van der Waals surface area contributed by atoms with E-state index >= 15 is 0 Å². The van der Waals surface area contributed by atoms with E-state index in [0.717, 1.165) is 4.43 Å². The predicted octanol–water partition coefficient (Wildman–Crippen LogP) is -0.0325. The van der Waals surface area contributed by atoms with Crippen LogP contribution in [0.5, 0.6) is 0 Å². The number of halogens is 1. The summed E-state index contributed by atoms with van der Waals surface area (Å²) in [6.45, 7) is 0. The first kappa shape index (κ1) is 7.90. The molecule has 0 spiro atoms. The van der Waals surface area contributed by atoms with Crippen molar-refractivity contribution < 1.29 is 4.79 Å². The Kier molecular flexibility index (Phi) is 4.98. The summed E-state index contributed by atoms with van der Waals surface area (Å²) in [6, 6.07) is 0. The van der Waals surface area contributed by atoms with E-state index in [9.17, 15) is 4.79 Å². The Morgan fingerprint density at radius 1 is 1.88 bits per heavy atom. The van der Waals surface area contributed by atoms with Crippen LogP contribution in [0.25, 0.3) is 0 Å². The van der Waals surface area contributed by atoms with Crippen molar-refractivity contribution in [3.63, 3.8) is 0 Å². The Hall–Kier alpha value is -0.100. The maximum Gasteiger partial charge on any atom is 0.257 e. The predicted molar refractivity (Wildman–Crippen MR) is 40.4 cm³/mol. The number of hydrogen-bond donors (Lipinski definition) is 2. The van der Waals surface area contributed by atoms with Crippen molar-refractivity contribution in [3.8, 4) is 0 Å². The summed E-state index contributed by atoms with van der Waals surface area (Å²) >= 11 is 2.13. The Balaban J connectivity index is 3.37. The van der Waals surface area contributed by atoms with E-state index in [0.29, 0.717) is 0 Å². The molecule has 8 heavy (non-hydrogen) atoms. The summed E-state index contributed by atoms with van der Waals surface area (Å²) < 4.78 is 0.825. The summed E-state index contributed by atoms with van der Waals surface area (Å²) in [5.74, 6) is 4.50. The van der Waals surface area contributed by atoms with Crippen LogP contribution >= 0.6 is 22.6 Å². The van der Waals surface area contributed by atoms with Gasteiger partial charge in [0.1, 0.15) is 0 Å². The first-order valence-corrected chi connectivity index (χ1v) is 3.57. The Labute approximate surface area is 61.4 Å². The fourth-order valence-electron chi connectivity index (χ4n) is 0.200. The van der Waals surface area contributed by atoms with Gasteiger partial charge in [0, 0.05) is 10.5 Å². The topological polar surface area (TPSA) is 55.1 Å². The van der Waals surface area contributed by atoms with Crippen LogP contribution in [0, 0.1) is 0 Å². The van der Waals surface area contributed by atoms with Crippen LogP contribution in [-0.2, 0) is 4.79 Å². The van der Waals surface area contributed by atoms with Crippen LogP contribution in [-0.4, -0.2) is 10.3 Å². The van der Waals surface area contributed by atoms with Gasteiger partial charge in [-0.05, 0) is 0 Å². The van der Waals surface area contributed by atoms with Crippen molar-refractivity contribution in [1.82, 2.24) is 5.43 Å². The second-order valence-corrected chi connectivity index (χ2v) is 1.95. The van der Waals surface area contributed by atoms with Gasteiger partial charge in [-0.25, -0.2) is 5.84 Å². The van der Waals surface area contributed by atoms with Crippen LogP contribution in [0.4, 0.5) is 0 Å². The van der Waals surface area contributed by atoms with Gasteiger partial charge in [0.2, 0.25) is 0 Å². The normalized spacial score (nSPS) is 9.75. The van der Waals surface area contributed by atoms with Crippen molar-refractivity contribution >= 4 is 28.5 Å². The number of nitrogens with two attached hydrogens (primary N) is 1. The number of hydrogen-bond acceptors (Lipinski definition) is 2. The molecule has 0 saturated heterocycles. The minimum absolute atomic E-state index is 0.262. The van der Waals surface area contributed by atoms with E-state index in [2.05, 4.69) is 22.6 Å². The second-order valence-electron chi connectivity index (χ2n) is 1.07. The lowest BCUT2D eigenvalue weighted by Gasteiger charge is -1.85. The Morgan fingerprint density at radius 2 is 2.50 bits per heavy atom. The van der Waals surface area contributed by atoms with Crippen LogP contribution in [0.1, 0.15) is 0 Å². The van der Waals surface area contributed by atoms with Gasteiger partial charge in [-0.2, -0.15) is 0 Å². The quantitative estimate of drug-likeness (QED) is 0.173. The fourth-order valence-corrected chi connectivity index (χ4v) is 0.454. The lowest BCUT2D eigenvalue weighted by Crippen LogP contribution is -2.27. The first-order chi connectivity index (χ1) is 3.81. The highest BCUT2D eigenvalue weighted by atomic mass is 127. The molecule has 4 heteroatoms. The number of carbonyl (C=O) groups excluding carboxylic acids is 1. The molecule has 0 atom stereocenters. The summed E-state index contributed by atoms with van der Waals surface area (Å²) in [6.07, 6.45) is 3.12. The van der Waals surface area contributed by atoms with Crippen LogP contribution in [0.3, 0.4) is 0 Å². The second kappa shape index (κ2) is 5.04. The average Bonchev–Trinajstić information content (AvgIpc) is 1.83. The molecule has 0 saturated carbocycles. The summed E-state index contributed by atoms with van der Waals surface area (Å²) in [7, 11) is 0. The third-order valence-electron chi connectivity index (χ3n) is 0.501. The Bertz CT molecular complexity index is 102. The maximum atomic E-state index is 10.2. The van der Waals surface area contributed by atoms with Crippen molar-refractivity contribution in [1.29, 1.82) is 0 Å². The first-order valence-electron chi connectivity index (χ1n) is 2.04. The van der Waals surface area contributed by atoms with Gasteiger partial charge < -0.3 is 0 Å². The van der Waals surface area contributed by atoms with Gasteiger partial charge in [0.15, 0.2) is 0 Å². The molecule has 46 valence electrons. The molecule has 0 aromatic heterocycles. The molecule has 0 aromatic carbocycles. The standard InChI is InChI=1S/C4H7IN2O/c5-3-1-2-4(8)7-6/h1-2H,3,6H2,(H,7,8)/b2-1-. The Morgan fingerprint density at radius 3 is 2.88 bits per heavy atom. The van der Waals surface area contributed by atoms with Crippen LogP contribution in [0.2, 0.25) is 0 Å². The number of nitrogens with one attached hydrogen (secondary N) is 1. The van der Waals surface area contributed by atoms with E-state index in [1.807, 2.05) is 5.43 Å². The number of hydrazine groups is 1. The zero-order valence-corrected chi connectivity index (χ0v) is 6.38. The molecule has 0 unspecified atom stereocenters. The fraction of sp³-hybridized carbons (Fsp3) is 0.250. The summed E-state index contributed by atoms with van der Waals surface area (Å²) in [4.78, 5) is 10.2. The molecule has 0 aliphatic carbocycles. The highest BCUT2D eigenvalue weighted by molar-refractivity contribution is 14.1. The monoisotopic (exact) mass is 226 g/mol. The highest BCUT2D eigenvalue weighted by Gasteiger charge is 1.83. The third-order valence-corrected chi connectivity index (χ3v) is 1.01. The molecule has 0 aliphatic heterocycles. The van der Waals surface area contributed by atoms with Crippen molar-refractivity contribution in [3.05, 3.63) is 12.2 Å². The highest BCUT2D eigenvalue weighted by Crippen LogP contribution is 1.80. The van der Waals surface area contributed by atoms with Gasteiger partial charge in [-0.3, -0.25) is 10.2 Å². The molecule has 0 radical (unpaired) electrons. The van der Waals surface area contributed by atoms with Crippen molar-refractivity contribution in [2.24, 2.45) is 5.84 Å². The van der Waals surface area contributed by atoms with E-state index in [-0.39, 0.29) is 5.91 Å². The smallest absolute Gasteiger partial charge is 0.257 e. The molecule has 0 aromatic rings. The van der Waals surface area contributed by atoms with Crippen LogP contribution < -0.4 is 11.3 Å². The molecule has 0 heterocycles. The molecule has 0 aliphatic rings. The summed E-state index contributed by atoms with van der Waals surface area (Å²) in [5.41, 5.74) is 1.97. The van der Waals surface area contributed by atoms with E-state index in [1.54, 1.807) is 6.08 Å². The largest absolute Gasteiger partial charge is 0.291 e. The minimum atomic E-state index is -0.262. The number of amides is 1. The van der Waals surface area contributed by atoms with Gasteiger partial charge in [0.25, 0.3) is 5.91 Å². The minimum Gasteiger partial charge on any atom is -0.291 e. The van der Waals surface area contributed by atoms with Crippen LogP contribution in [0.15, 0.2) is 12.2 Å².